The van der Waals surface area contributed by atoms with Gasteiger partial charge in [0.2, 0.25) is 23.6 Å². The molecule has 14 heteroatoms. The summed E-state index contributed by atoms with van der Waals surface area (Å²) in [6.07, 6.45) is 1.29. The van der Waals surface area contributed by atoms with E-state index in [0.29, 0.717) is 18.5 Å². The summed E-state index contributed by atoms with van der Waals surface area (Å²) in [4.78, 5) is 76.1. The fourth-order valence-corrected chi connectivity index (χ4v) is 4.24. The van der Waals surface area contributed by atoms with Gasteiger partial charge in [-0.1, -0.05) is 18.2 Å². The van der Waals surface area contributed by atoms with Crippen molar-refractivity contribution in [1.82, 2.24) is 26.3 Å². The molecular formula is C24H30N6O8. The Morgan fingerprint density at radius 3 is 2.21 bits per heavy atom. The van der Waals surface area contributed by atoms with E-state index in [-0.39, 0.29) is 6.42 Å². The van der Waals surface area contributed by atoms with Crippen LogP contribution in [0, 0.1) is 0 Å². The van der Waals surface area contributed by atoms with Crippen molar-refractivity contribution in [2.24, 2.45) is 5.73 Å². The van der Waals surface area contributed by atoms with Crippen LogP contribution in [0.1, 0.15) is 31.2 Å². The zero-order valence-electron chi connectivity index (χ0n) is 20.4. The van der Waals surface area contributed by atoms with Gasteiger partial charge in [-0.25, -0.2) is 4.79 Å². The van der Waals surface area contributed by atoms with Crippen LogP contribution in [-0.4, -0.2) is 81.5 Å². The van der Waals surface area contributed by atoms with E-state index in [2.05, 4.69) is 26.3 Å². The SMILES string of the molecule is NC(=O)CC(NC(=O)C1CCCN1)C(=O)NC(CC(=O)O)C(=O)NC(Cc1c[nH]c2ccccc12)C(=O)O. The Morgan fingerprint density at radius 1 is 0.947 bits per heavy atom. The lowest BCUT2D eigenvalue weighted by atomic mass is 10.0. The number of nitrogens with two attached hydrogens (primary N) is 1. The number of aromatic nitrogens is 1. The van der Waals surface area contributed by atoms with Crippen LogP contribution in [0.2, 0.25) is 0 Å². The van der Waals surface area contributed by atoms with Crippen molar-refractivity contribution in [1.29, 1.82) is 0 Å². The third kappa shape index (κ3) is 7.52. The van der Waals surface area contributed by atoms with Crippen molar-refractivity contribution >= 4 is 46.5 Å². The molecule has 2 heterocycles. The standard InChI is InChI=1S/C24H30N6O8/c25-19(31)9-16(28-21(34)15-6-3-7-26-15)22(35)29-17(10-20(32)33)23(36)30-18(24(37)38)8-12-11-27-14-5-2-1-4-13(12)14/h1-2,4-5,11,15-18,26-27H,3,6-10H2,(H2,25,31)(H,28,34)(H,29,35)(H,30,36)(H,32,33)(H,37,38). The van der Waals surface area contributed by atoms with Crippen LogP contribution < -0.4 is 27.0 Å². The number of amides is 4. The Labute approximate surface area is 216 Å². The van der Waals surface area contributed by atoms with Crippen LogP contribution in [0.3, 0.4) is 0 Å². The zero-order chi connectivity index (χ0) is 27.8. The molecular weight excluding hydrogens is 500 g/mol. The lowest BCUT2D eigenvalue weighted by Gasteiger charge is -2.24. The summed E-state index contributed by atoms with van der Waals surface area (Å²) < 4.78 is 0. The van der Waals surface area contributed by atoms with Crippen molar-refractivity contribution < 1.29 is 39.0 Å². The largest absolute Gasteiger partial charge is 0.481 e. The van der Waals surface area contributed by atoms with Crippen LogP contribution >= 0.6 is 0 Å². The number of fused-ring (bicyclic) bond motifs is 1. The molecule has 3 rings (SSSR count). The van der Waals surface area contributed by atoms with Gasteiger partial charge >= 0.3 is 11.9 Å². The van der Waals surface area contributed by atoms with E-state index in [9.17, 15) is 39.0 Å². The minimum absolute atomic E-state index is 0.117. The number of aliphatic carboxylic acids is 2. The number of carboxylic acids is 2. The van der Waals surface area contributed by atoms with Crippen molar-refractivity contribution in [2.75, 3.05) is 6.54 Å². The molecule has 0 aliphatic carbocycles. The molecule has 0 spiro atoms. The highest BCUT2D eigenvalue weighted by atomic mass is 16.4. The maximum absolute atomic E-state index is 12.9. The number of nitrogens with one attached hydrogen (secondary N) is 5. The summed E-state index contributed by atoms with van der Waals surface area (Å²) in [5.41, 5.74) is 6.58. The molecule has 0 bridgehead atoms. The summed E-state index contributed by atoms with van der Waals surface area (Å²) in [5.74, 6) is -6.34. The van der Waals surface area contributed by atoms with Crippen molar-refractivity contribution in [3.8, 4) is 0 Å². The number of carbonyl (C=O) groups excluding carboxylic acids is 4. The molecule has 4 amide bonds. The lowest BCUT2D eigenvalue weighted by molar-refractivity contribution is -0.143. The molecule has 0 saturated carbocycles. The summed E-state index contributed by atoms with van der Waals surface area (Å²) in [7, 11) is 0. The number of rotatable bonds is 13. The molecule has 1 aromatic heterocycles. The molecule has 38 heavy (non-hydrogen) atoms. The molecule has 14 nitrogen and oxygen atoms in total. The van der Waals surface area contributed by atoms with Gasteiger partial charge in [-0.15, -0.1) is 0 Å². The molecule has 1 aromatic carbocycles. The lowest BCUT2D eigenvalue weighted by Crippen LogP contribution is -2.58. The van der Waals surface area contributed by atoms with Gasteiger partial charge in [0, 0.05) is 23.5 Å². The quantitative estimate of drug-likeness (QED) is 0.148. The molecule has 2 aromatic rings. The number of hydrogen-bond acceptors (Lipinski definition) is 7. The first kappa shape index (κ1) is 28.1. The fraction of sp³-hybridized carbons (Fsp3) is 0.417. The number of H-pyrrole nitrogens is 1. The smallest absolute Gasteiger partial charge is 0.326 e. The minimum Gasteiger partial charge on any atom is -0.481 e. The number of carbonyl (C=O) groups is 6. The number of hydrogen-bond donors (Lipinski definition) is 8. The average Bonchev–Trinajstić information content (AvgIpc) is 3.53. The first-order chi connectivity index (χ1) is 18.0. The van der Waals surface area contributed by atoms with E-state index in [1.807, 2.05) is 0 Å². The monoisotopic (exact) mass is 530 g/mol. The van der Waals surface area contributed by atoms with E-state index in [0.717, 1.165) is 17.3 Å². The van der Waals surface area contributed by atoms with Gasteiger partial charge in [0.25, 0.3) is 0 Å². The number of benzene rings is 1. The van der Waals surface area contributed by atoms with Gasteiger partial charge in [0.1, 0.15) is 18.1 Å². The van der Waals surface area contributed by atoms with Crippen LogP contribution in [0.4, 0.5) is 0 Å². The Kier molecular flexibility index (Phi) is 9.38. The molecule has 1 saturated heterocycles. The Hall–Kier alpha value is -4.46. The second-order valence-corrected chi connectivity index (χ2v) is 9.00. The maximum Gasteiger partial charge on any atom is 0.326 e. The number of para-hydroxylation sites is 1. The first-order valence-electron chi connectivity index (χ1n) is 12.0. The summed E-state index contributed by atoms with van der Waals surface area (Å²) in [6.45, 7) is 0.606. The normalized spacial score (nSPS) is 17.2. The predicted octanol–water partition coefficient (Wildman–Crippen LogP) is -1.65. The number of aromatic amines is 1. The highest BCUT2D eigenvalue weighted by Gasteiger charge is 2.33. The van der Waals surface area contributed by atoms with Crippen LogP contribution in [0.5, 0.6) is 0 Å². The highest BCUT2D eigenvalue weighted by molar-refractivity contribution is 5.97. The van der Waals surface area contributed by atoms with Crippen LogP contribution in [0.15, 0.2) is 30.5 Å². The molecule has 1 aliphatic heterocycles. The van der Waals surface area contributed by atoms with Crippen molar-refractivity contribution in [3.05, 3.63) is 36.0 Å². The van der Waals surface area contributed by atoms with E-state index >= 15 is 0 Å². The molecule has 1 fully saturated rings. The van der Waals surface area contributed by atoms with Gasteiger partial charge < -0.3 is 42.2 Å². The molecule has 4 atom stereocenters. The Bertz CT molecular complexity index is 1220. The van der Waals surface area contributed by atoms with Gasteiger partial charge in [-0.2, -0.15) is 0 Å². The van der Waals surface area contributed by atoms with Crippen molar-refractivity contribution in [3.63, 3.8) is 0 Å². The first-order valence-corrected chi connectivity index (χ1v) is 12.0. The van der Waals surface area contributed by atoms with Crippen LogP contribution in [-0.2, 0) is 35.2 Å². The Morgan fingerprint density at radius 2 is 1.61 bits per heavy atom. The molecule has 0 radical (unpaired) electrons. The van der Waals surface area contributed by atoms with E-state index < -0.39 is 72.6 Å². The summed E-state index contributed by atoms with van der Waals surface area (Å²) in [5, 5.41) is 29.6. The average molecular weight is 531 g/mol. The third-order valence-corrected chi connectivity index (χ3v) is 6.14. The summed E-state index contributed by atoms with van der Waals surface area (Å²) >= 11 is 0. The number of primary amides is 1. The van der Waals surface area contributed by atoms with E-state index in [4.69, 9.17) is 5.73 Å². The topological polar surface area (TPSA) is 233 Å². The van der Waals surface area contributed by atoms with Crippen LogP contribution in [0.25, 0.3) is 10.9 Å². The molecule has 1 aliphatic rings. The molecule has 4 unspecified atom stereocenters. The molecule has 204 valence electrons. The summed E-state index contributed by atoms with van der Waals surface area (Å²) in [6, 6.07) is 1.99. The number of carboxylic acid groups (broad SMARTS) is 2. The van der Waals surface area contributed by atoms with Gasteiger partial charge in [-0.05, 0) is 31.0 Å². The van der Waals surface area contributed by atoms with E-state index in [1.54, 1.807) is 30.5 Å². The van der Waals surface area contributed by atoms with E-state index in [1.165, 1.54) is 0 Å². The Balaban J connectivity index is 1.72. The van der Waals surface area contributed by atoms with Gasteiger partial charge in [0.15, 0.2) is 0 Å². The second kappa shape index (κ2) is 12.7. The third-order valence-electron chi connectivity index (χ3n) is 6.14. The fourth-order valence-electron chi connectivity index (χ4n) is 4.24. The van der Waals surface area contributed by atoms with Gasteiger partial charge in [0.05, 0.1) is 18.9 Å². The highest BCUT2D eigenvalue weighted by Crippen LogP contribution is 2.19. The van der Waals surface area contributed by atoms with Crippen molar-refractivity contribution in [2.45, 2.75) is 56.3 Å². The maximum atomic E-state index is 12.9. The molecule has 9 N–H and O–H groups in total. The minimum atomic E-state index is -1.69. The predicted molar refractivity (Wildman–Crippen MR) is 133 cm³/mol. The zero-order valence-corrected chi connectivity index (χ0v) is 20.4. The second-order valence-electron chi connectivity index (χ2n) is 9.00. The van der Waals surface area contributed by atoms with Gasteiger partial charge in [-0.3, -0.25) is 24.0 Å².